The number of hydrogen-bond acceptors (Lipinski definition) is 4. The van der Waals surface area contributed by atoms with E-state index in [0.29, 0.717) is 18.7 Å². The molecule has 3 N–H and O–H groups in total. The Kier molecular flexibility index (Phi) is 4.41. The fourth-order valence-electron chi connectivity index (χ4n) is 1.10. The Morgan fingerprint density at radius 2 is 2.33 bits per heavy atom. The minimum absolute atomic E-state index is 0.0338. The summed E-state index contributed by atoms with van der Waals surface area (Å²) >= 11 is 1.07. The lowest BCUT2D eigenvalue weighted by atomic mass is 10.3. The number of aliphatic carboxylic acids is 1. The number of nitrogens with one attached hydrogen (secondary N) is 2. The summed E-state index contributed by atoms with van der Waals surface area (Å²) in [5, 5.41) is 13.2. The Morgan fingerprint density at radius 3 is 2.87 bits per heavy atom. The Labute approximate surface area is 90.8 Å². The summed E-state index contributed by atoms with van der Waals surface area (Å²) in [7, 11) is 0. The number of amides is 2. The molecular weight excluding hydrogens is 220 g/mol. The van der Waals surface area contributed by atoms with Crippen LogP contribution in [0.3, 0.4) is 0 Å². The van der Waals surface area contributed by atoms with E-state index in [1.807, 2.05) is 0 Å². The first-order valence-electron chi connectivity index (χ1n) is 4.52. The molecule has 0 aromatic heterocycles. The van der Waals surface area contributed by atoms with Crippen molar-refractivity contribution in [1.82, 2.24) is 10.6 Å². The average molecular weight is 232 g/mol. The average Bonchev–Trinajstić information content (AvgIpc) is 2.59. The molecule has 0 aromatic rings. The number of carbonyl (C=O) groups excluding carboxylic acids is 2. The number of hydrogen-bond donors (Lipinski definition) is 3. The molecule has 15 heavy (non-hydrogen) atoms. The first kappa shape index (κ1) is 11.8. The highest BCUT2D eigenvalue weighted by Crippen LogP contribution is 2.12. The van der Waals surface area contributed by atoms with Crippen LogP contribution in [0.25, 0.3) is 0 Å². The van der Waals surface area contributed by atoms with Gasteiger partial charge in [-0.1, -0.05) is 11.8 Å². The van der Waals surface area contributed by atoms with Crippen molar-refractivity contribution in [3.8, 4) is 0 Å². The molecule has 0 radical (unpaired) electrons. The number of rotatable bonds is 5. The van der Waals surface area contributed by atoms with Gasteiger partial charge < -0.3 is 15.7 Å². The molecule has 84 valence electrons. The van der Waals surface area contributed by atoms with Crippen molar-refractivity contribution < 1.29 is 19.5 Å². The molecule has 6 nitrogen and oxygen atoms in total. The zero-order valence-electron chi connectivity index (χ0n) is 7.99. The zero-order chi connectivity index (χ0) is 11.3. The molecule has 7 heteroatoms. The predicted molar refractivity (Wildman–Crippen MR) is 54.7 cm³/mol. The van der Waals surface area contributed by atoms with Gasteiger partial charge in [0.25, 0.3) is 5.24 Å². The SMILES string of the molecule is O=C(O)CCCNC(=O)C1CSC(=O)N1. The highest BCUT2D eigenvalue weighted by atomic mass is 32.2. The van der Waals surface area contributed by atoms with Crippen LogP contribution in [0.4, 0.5) is 4.79 Å². The lowest BCUT2D eigenvalue weighted by molar-refractivity contribution is -0.137. The van der Waals surface area contributed by atoms with Gasteiger partial charge in [-0.05, 0) is 6.42 Å². The second-order valence-corrected chi connectivity index (χ2v) is 4.08. The highest BCUT2D eigenvalue weighted by Gasteiger charge is 2.27. The van der Waals surface area contributed by atoms with Gasteiger partial charge in [-0.3, -0.25) is 14.4 Å². The highest BCUT2D eigenvalue weighted by molar-refractivity contribution is 8.14. The van der Waals surface area contributed by atoms with Gasteiger partial charge in [0.15, 0.2) is 0 Å². The summed E-state index contributed by atoms with van der Waals surface area (Å²) in [5.41, 5.74) is 0. The molecule has 2 amide bonds. The molecule has 1 unspecified atom stereocenters. The van der Waals surface area contributed by atoms with Crippen LogP contribution >= 0.6 is 11.8 Å². The van der Waals surface area contributed by atoms with E-state index in [0.717, 1.165) is 11.8 Å². The van der Waals surface area contributed by atoms with Crippen LogP contribution in [0.2, 0.25) is 0 Å². The molecule has 1 aliphatic rings. The number of carbonyl (C=O) groups is 3. The van der Waals surface area contributed by atoms with Gasteiger partial charge in [0.2, 0.25) is 5.91 Å². The van der Waals surface area contributed by atoms with Gasteiger partial charge in [-0.2, -0.15) is 0 Å². The Bertz CT molecular complexity index is 282. The summed E-state index contributed by atoms with van der Waals surface area (Å²) in [5.74, 6) is -0.698. The summed E-state index contributed by atoms with van der Waals surface area (Å²) < 4.78 is 0. The minimum atomic E-state index is -0.881. The molecule has 1 aliphatic heterocycles. The van der Waals surface area contributed by atoms with E-state index in [-0.39, 0.29) is 17.6 Å². The van der Waals surface area contributed by atoms with Gasteiger partial charge in [0.1, 0.15) is 6.04 Å². The fourth-order valence-corrected chi connectivity index (χ4v) is 1.88. The standard InChI is InChI=1S/C8H12N2O4S/c11-6(12)2-1-3-9-7(13)5-4-15-8(14)10-5/h5H,1-4H2,(H,9,13)(H,10,14)(H,11,12). The van der Waals surface area contributed by atoms with Crippen molar-refractivity contribution >= 4 is 28.9 Å². The minimum Gasteiger partial charge on any atom is -0.481 e. The van der Waals surface area contributed by atoms with Crippen molar-refractivity contribution in [2.24, 2.45) is 0 Å². The maximum atomic E-state index is 11.3. The normalized spacial score (nSPS) is 19.7. The molecule has 0 aromatic carbocycles. The lowest BCUT2D eigenvalue weighted by Gasteiger charge is -2.09. The molecule has 0 aliphatic carbocycles. The lowest BCUT2D eigenvalue weighted by Crippen LogP contribution is -2.43. The third kappa shape index (κ3) is 4.20. The van der Waals surface area contributed by atoms with Crippen LogP contribution in [0.1, 0.15) is 12.8 Å². The summed E-state index contributed by atoms with van der Waals surface area (Å²) in [6, 6.07) is -0.479. The van der Waals surface area contributed by atoms with Crippen LogP contribution in [-0.4, -0.2) is 40.6 Å². The van der Waals surface area contributed by atoms with Crippen molar-refractivity contribution in [2.45, 2.75) is 18.9 Å². The van der Waals surface area contributed by atoms with Crippen LogP contribution in [-0.2, 0) is 9.59 Å². The Hall–Kier alpha value is -1.24. The summed E-state index contributed by atoms with van der Waals surface area (Å²) in [6.07, 6.45) is 0.431. The van der Waals surface area contributed by atoms with Gasteiger partial charge in [0, 0.05) is 18.7 Å². The molecule has 0 bridgehead atoms. The van der Waals surface area contributed by atoms with Gasteiger partial charge in [-0.25, -0.2) is 0 Å². The molecule has 1 saturated heterocycles. The van der Waals surface area contributed by atoms with Crippen LogP contribution in [0.15, 0.2) is 0 Å². The molecule has 1 fully saturated rings. The van der Waals surface area contributed by atoms with E-state index in [4.69, 9.17) is 5.11 Å². The predicted octanol–water partition coefficient (Wildman–Crippen LogP) is -0.208. The van der Waals surface area contributed by atoms with Gasteiger partial charge in [-0.15, -0.1) is 0 Å². The molecule has 0 spiro atoms. The molecule has 0 saturated carbocycles. The summed E-state index contributed by atoms with van der Waals surface area (Å²) in [4.78, 5) is 32.3. The third-order valence-electron chi connectivity index (χ3n) is 1.86. The maximum absolute atomic E-state index is 11.3. The Balaban J connectivity index is 2.13. The maximum Gasteiger partial charge on any atom is 0.303 e. The summed E-state index contributed by atoms with van der Waals surface area (Å²) in [6.45, 7) is 0.322. The van der Waals surface area contributed by atoms with Crippen LogP contribution in [0.5, 0.6) is 0 Å². The molecular formula is C8H12N2O4S. The van der Waals surface area contributed by atoms with Crippen LogP contribution in [0, 0.1) is 0 Å². The van der Waals surface area contributed by atoms with Crippen molar-refractivity contribution in [3.63, 3.8) is 0 Å². The van der Waals surface area contributed by atoms with E-state index >= 15 is 0 Å². The third-order valence-corrected chi connectivity index (χ3v) is 2.74. The van der Waals surface area contributed by atoms with E-state index in [1.54, 1.807) is 0 Å². The first-order valence-corrected chi connectivity index (χ1v) is 5.51. The van der Waals surface area contributed by atoms with E-state index in [9.17, 15) is 14.4 Å². The quantitative estimate of drug-likeness (QED) is 0.570. The van der Waals surface area contributed by atoms with Crippen molar-refractivity contribution in [2.75, 3.05) is 12.3 Å². The monoisotopic (exact) mass is 232 g/mol. The second-order valence-electron chi connectivity index (χ2n) is 3.08. The van der Waals surface area contributed by atoms with Crippen molar-refractivity contribution in [1.29, 1.82) is 0 Å². The fraction of sp³-hybridized carbons (Fsp3) is 0.625. The second kappa shape index (κ2) is 5.59. The smallest absolute Gasteiger partial charge is 0.303 e. The van der Waals surface area contributed by atoms with Crippen molar-refractivity contribution in [3.05, 3.63) is 0 Å². The van der Waals surface area contributed by atoms with Crippen LogP contribution < -0.4 is 10.6 Å². The number of carboxylic acids is 1. The molecule has 1 atom stereocenters. The largest absolute Gasteiger partial charge is 0.481 e. The van der Waals surface area contributed by atoms with E-state index in [2.05, 4.69) is 10.6 Å². The molecule has 1 rings (SSSR count). The topological polar surface area (TPSA) is 95.5 Å². The van der Waals surface area contributed by atoms with Gasteiger partial charge >= 0.3 is 5.97 Å². The van der Waals surface area contributed by atoms with E-state index < -0.39 is 12.0 Å². The first-order chi connectivity index (χ1) is 7.09. The van der Waals surface area contributed by atoms with E-state index in [1.165, 1.54) is 0 Å². The Morgan fingerprint density at radius 1 is 1.60 bits per heavy atom. The zero-order valence-corrected chi connectivity index (χ0v) is 8.80. The van der Waals surface area contributed by atoms with Gasteiger partial charge in [0.05, 0.1) is 0 Å². The number of carboxylic acid groups (broad SMARTS) is 1. The molecule has 1 heterocycles. The number of thioether (sulfide) groups is 1.